The minimum absolute atomic E-state index is 0.0477. The minimum atomic E-state index is -0.163. The van der Waals surface area contributed by atoms with Crippen LogP contribution < -0.4 is 5.32 Å². The van der Waals surface area contributed by atoms with E-state index in [1.54, 1.807) is 6.26 Å². The molecule has 0 saturated heterocycles. The fraction of sp³-hybridized carbons (Fsp3) is 0.545. The van der Waals surface area contributed by atoms with Gasteiger partial charge in [0, 0.05) is 24.6 Å². The SMILES string of the molecule is CCOC(=O)CC1NCCc2occc21. The fourth-order valence-electron chi connectivity index (χ4n) is 1.90. The molecule has 1 atom stereocenters. The molecule has 0 fully saturated rings. The molecule has 0 spiro atoms. The van der Waals surface area contributed by atoms with Crippen LogP contribution in [0.5, 0.6) is 0 Å². The Morgan fingerprint density at radius 2 is 2.60 bits per heavy atom. The zero-order chi connectivity index (χ0) is 10.7. The third kappa shape index (κ3) is 2.21. The number of ether oxygens (including phenoxy) is 1. The average molecular weight is 209 g/mol. The largest absolute Gasteiger partial charge is 0.469 e. The van der Waals surface area contributed by atoms with Crippen LogP contribution in [0.4, 0.5) is 0 Å². The Morgan fingerprint density at radius 3 is 3.40 bits per heavy atom. The van der Waals surface area contributed by atoms with Gasteiger partial charge in [-0.05, 0) is 13.0 Å². The summed E-state index contributed by atoms with van der Waals surface area (Å²) in [6.07, 6.45) is 2.94. The molecular formula is C11H15NO3. The van der Waals surface area contributed by atoms with Gasteiger partial charge >= 0.3 is 5.97 Å². The molecule has 0 aliphatic carbocycles. The number of carbonyl (C=O) groups excluding carboxylic acids is 1. The van der Waals surface area contributed by atoms with Crippen molar-refractivity contribution in [3.63, 3.8) is 0 Å². The lowest BCUT2D eigenvalue weighted by Crippen LogP contribution is -2.31. The maximum Gasteiger partial charge on any atom is 0.307 e. The molecule has 2 rings (SSSR count). The van der Waals surface area contributed by atoms with Gasteiger partial charge in [-0.1, -0.05) is 0 Å². The Morgan fingerprint density at radius 1 is 1.73 bits per heavy atom. The van der Waals surface area contributed by atoms with Crippen molar-refractivity contribution in [1.29, 1.82) is 0 Å². The van der Waals surface area contributed by atoms with E-state index in [1.165, 1.54) is 0 Å². The topological polar surface area (TPSA) is 51.5 Å². The molecule has 0 saturated carbocycles. The van der Waals surface area contributed by atoms with Gasteiger partial charge in [0.2, 0.25) is 0 Å². The number of esters is 1. The van der Waals surface area contributed by atoms with Crippen molar-refractivity contribution in [3.8, 4) is 0 Å². The normalized spacial score (nSPS) is 19.7. The maximum absolute atomic E-state index is 11.4. The van der Waals surface area contributed by atoms with E-state index < -0.39 is 0 Å². The van der Waals surface area contributed by atoms with E-state index in [4.69, 9.17) is 9.15 Å². The summed E-state index contributed by atoms with van der Waals surface area (Å²) in [5.41, 5.74) is 1.09. The molecule has 1 N–H and O–H groups in total. The van der Waals surface area contributed by atoms with E-state index in [-0.39, 0.29) is 12.0 Å². The Balaban J connectivity index is 2.03. The second-order valence-electron chi connectivity index (χ2n) is 3.56. The molecule has 4 heteroatoms. The summed E-state index contributed by atoms with van der Waals surface area (Å²) in [6.45, 7) is 3.10. The van der Waals surface area contributed by atoms with E-state index >= 15 is 0 Å². The molecule has 1 unspecified atom stereocenters. The van der Waals surface area contributed by atoms with Crippen LogP contribution >= 0.6 is 0 Å². The molecule has 4 nitrogen and oxygen atoms in total. The van der Waals surface area contributed by atoms with Crippen molar-refractivity contribution < 1.29 is 13.9 Å². The first kappa shape index (κ1) is 10.2. The molecular weight excluding hydrogens is 194 g/mol. The third-order valence-corrected chi connectivity index (χ3v) is 2.57. The van der Waals surface area contributed by atoms with Gasteiger partial charge in [-0.2, -0.15) is 0 Å². The van der Waals surface area contributed by atoms with Gasteiger partial charge in [0.05, 0.1) is 19.3 Å². The van der Waals surface area contributed by atoms with E-state index in [2.05, 4.69) is 5.32 Å². The molecule has 0 bridgehead atoms. The van der Waals surface area contributed by atoms with Crippen LogP contribution in [-0.2, 0) is 16.0 Å². The molecule has 2 heterocycles. The summed E-state index contributed by atoms with van der Waals surface area (Å²) in [5.74, 6) is 0.826. The second-order valence-corrected chi connectivity index (χ2v) is 3.56. The van der Waals surface area contributed by atoms with Crippen LogP contribution in [0.1, 0.15) is 30.7 Å². The summed E-state index contributed by atoms with van der Waals surface area (Å²) < 4.78 is 10.3. The number of rotatable bonds is 3. The zero-order valence-corrected chi connectivity index (χ0v) is 8.79. The highest BCUT2D eigenvalue weighted by Gasteiger charge is 2.24. The first-order valence-corrected chi connectivity index (χ1v) is 5.26. The van der Waals surface area contributed by atoms with Gasteiger partial charge in [0.1, 0.15) is 5.76 Å². The van der Waals surface area contributed by atoms with Gasteiger partial charge in [0.15, 0.2) is 0 Å². The Kier molecular flexibility index (Phi) is 3.06. The Labute approximate surface area is 88.6 Å². The van der Waals surface area contributed by atoms with Crippen LogP contribution in [-0.4, -0.2) is 19.1 Å². The standard InChI is InChI=1S/C11H15NO3/c1-2-14-11(13)7-9-8-4-6-15-10(8)3-5-12-9/h4,6,9,12H,2-3,5,7H2,1H3. The molecule has 1 aromatic heterocycles. The number of carbonyl (C=O) groups is 1. The Hall–Kier alpha value is -1.29. The van der Waals surface area contributed by atoms with Crippen molar-refractivity contribution in [1.82, 2.24) is 5.32 Å². The quantitative estimate of drug-likeness (QED) is 0.765. The van der Waals surface area contributed by atoms with Crippen LogP contribution in [0.3, 0.4) is 0 Å². The maximum atomic E-state index is 11.4. The summed E-state index contributed by atoms with van der Waals surface area (Å²) in [5, 5.41) is 3.29. The van der Waals surface area contributed by atoms with E-state index in [1.807, 2.05) is 13.0 Å². The van der Waals surface area contributed by atoms with E-state index in [0.29, 0.717) is 13.0 Å². The fourth-order valence-corrected chi connectivity index (χ4v) is 1.90. The smallest absolute Gasteiger partial charge is 0.307 e. The molecule has 1 aliphatic heterocycles. The van der Waals surface area contributed by atoms with Gasteiger partial charge in [0.25, 0.3) is 0 Å². The molecule has 1 aliphatic rings. The lowest BCUT2D eigenvalue weighted by Gasteiger charge is -2.22. The van der Waals surface area contributed by atoms with E-state index in [0.717, 1.165) is 24.3 Å². The van der Waals surface area contributed by atoms with Crippen molar-refractivity contribution >= 4 is 5.97 Å². The summed E-state index contributed by atoms with van der Waals surface area (Å²) >= 11 is 0. The number of hydrogen-bond acceptors (Lipinski definition) is 4. The lowest BCUT2D eigenvalue weighted by atomic mass is 9.99. The predicted molar refractivity (Wildman–Crippen MR) is 54.4 cm³/mol. The van der Waals surface area contributed by atoms with Crippen LogP contribution in [0, 0.1) is 0 Å². The lowest BCUT2D eigenvalue weighted by molar-refractivity contribution is -0.143. The van der Waals surface area contributed by atoms with E-state index in [9.17, 15) is 4.79 Å². The van der Waals surface area contributed by atoms with Crippen molar-refractivity contribution in [2.45, 2.75) is 25.8 Å². The third-order valence-electron chi connectivity index (χ3n) is 2.57. The minimum Gasteiger partial charge on any atom is -0.469 e. The van der Waals surface area contributed by atoms with Gasteiger partial charge in [-0.15, -0.1) is 0 Å². The predicted octanol–water partition coefficient (Wildman–Crippen LogP) is 1.42. The average Bonchev–Trinajstić information content (AvgIpc) is 2.67. The molecule has 15 heavy (non-hydrogen) atoms. The molecule has 0 amide bonds. The van der Waals surface area contributed by atoms with Crippen LogP contribution in [0.15, 0.2) is 16.7 Å². The van der Waals surface area contributed by atoms with Crippen molar-refractivity contribution in [2.75, 3.05) is 13.2 Å². The first-order valence-electron chi connectivity index (χ1n) is 5.26. The summed E-state index contributed by atoms with van der Waals surface area (Å²) in [6, 6.07) is 1.97. The number of furan rings is 1. The van der Waals surface area contributed by atoms with Gasteiger partial charge in [-0.25, -0.2) is 0 Å². The highest BCUT2D eigenvalue weighted by atomic mass is 16.5. The zero-order valence-electron chi connectivity index (χ0n) is 8.79. The highest BCUT2D eigenvalue weighted by molar-refractivity contribution is 5.70. The number of fused-ring (bicyclic) bond motifs is 1. The molecule has 82 valence electrons. The first-order chi connectivity index (χ1) is 7.31. The van der Waals surface area contributed by atoms with Crippen LogP contribution in [0.2, 0.25) is 0 Å². The highest BCUT2D eigenvalue weighted by Crippen LogP contribution is 2.26. The molecule has 1 aromatic rings. The van der Waals surface area contributed by atoms with Gasteiger partial charge in [-0.3, -0.25) is 4.79 Å². The second kappa shape index (κ2) is 4.49. The Bertz CT molecular complexity index is 345. The summed E-state index contributed by atoms with van der Waals surface area (Å²) in [7, 11) is 0. The van der Waals surface area contributed by atoms with Crippen molar-refractivity contribution in [2.24, 2.45) is 0 Å². The molecule has 0 radical (unpaired) electrons. The monoisotopic (exact) mass is 209 g/mol. The summed E-state index contributed by atoms with van der Waals surface area (Å²) in [4.78, 5) is 11.4. The number of nitrogens with one attached hydrogen (secondary N) is 1. The van der Waals surface area contributed by atoms with Crippen LogP contribution in [0.25, 0.3) is 0 Å². The number of hydrogen-bond donors (Lipinski definition) is 1. The molecule has 0 aromatic carbocycles. The van der Waals surface area contributed by atoms with Gasteiger partial charge < -0.3 is 14.5 Å². The van der Waals surface area contributed by atoms with Crippen molar-refractivity contribution in [3.05, 3.63) is 23.7 Å².